The van der Waals surface area contributed by atoms with Crippen molar-refractivity contribution >= 4 is 5.91 Å². The van der Waals surface area contributed by atoms with Crippen LogP contribution in [0.3, 0.4) is 0 Å². The first kappa shape index (κ1) is 13.8. The number of carbonyl (C=O) groups is 1. The molecule has 21 heavy (non-hydrogen) atoms. The number of rotatable bonds is 4. The number of amides is 1. The number of hydrogen-bond donors (Lipinski definition) is 0. The van der Waals surface area contributed by atoms with Gasteiger partial charge in [-0.15, -0.1) is 0 Å². The highest BCUT2D eigenvalue weighted by molar-refractivity contribution is 5.76. The minimum Gasteiger partial charge on any atom is -0.374 e. The third-order valence-corrected chi connectivity index (χ3v) is 3.65. The van der Waals surface area contributed by atoms with Crippen molar-refractivity contribution in [2.24, 2.45) is 0 Å². The molecule has 3 rings (SSSR count). The second kappa shape index (κ2) is 6.54. The van der Waals surface area contributed by atoms with Crippen LogP contribution in [0.5, 0.6) is 0 Å². The third kappa shape index (κ3) is 3.70. The van der Waals surface area contributed by atoms with Crippen molar-refractivity contribution in [3.05, 3.63) is 54.4 Å². The van der Waals surface area contributed by atoms with E-state index < -0.39 is 0 Å². The van der Waals surface area contributed by atoms with Gasteiger partial charge >= 0.3 is 0 Å². The Kier molecular flexibility index (Phi) is 4.31. The Morgan fingerprint density at radius 2 is 2.14 bits per heavy atom. The van der Waals surface area contributed by atoms with Crippen LogP contribution < -0.4 is 0 Å². The molecular weight excluding hydrogens is 266 g/mol. The highest BCUT2D eigenvalue weighted by Gasteiger charge is 2.24. The molecule has 1 aromatic carbocycles. The molecule has 0 spiro atoms. The maximum Gasteiger partial charge on any atom is 0.244 e. The van der Waals surface area contributed by atoms with Crippen LogP contribution in [-0.4, -0.2) is 46.4 Å². The first-order chi connectivity index (χ1) is 10.3. The Bertz CT molecular complexity index is 568. The highest BCUT2D eigenvalue weighted by Crippen LogP contribution is 2.12. The lowest BCUT2D eigenvalue weighted by Gasteiger charge is -2.33. The molecule has 0 saturated carbocycles. The summed E-state index contributed by atoms with van der Waals surface area (Å²) in [6, 6.07) is 12.1. The second-order valence-electron chi connectivity index (χ2n) is 5.23. The molecule has 1 aliphatic heterocycles. The number of carbonyl (C=O) groups excluding carboxylic acids is 1. The van der Waals surface area contributed by atoms with Crippen LogP contribution in [0, 0.1) is 0 Å². The summed E-state index contributed by atoms with van der Waals surface area (Å²) in [5.41, 5.74) is 1.24. The molecule has 0 unspecified atom stereocenters. The largest absolute Gasteiger partial charge is 0.374 e. The molecule has 1 fully saturated rings. The van der Waals surface area contributed by atoms with Crippen molar-refractivity contribution in [1.29, 1.82) is 0 Å². The summed E-state index contributed by atoms with van der Waals surface area (Å²) < 4.78 is 7.44. The van der Waals surface area contributed by atoms with E-state index in [1.165, 1.54) is 5.56 Å². The molecule has 0 aliphatic carbocycles. The Labute approximate surface area is 124 Å². The van der Waals surface area contributed by atoms with Gasteiger partial charge in [-0.2, -0.15) is 5.10 Å². The molecule has 2 aromatic rings. The number of nitrogens with zero attached hydrogens (tertiary/aromatic N) is 3. The molecule has 110 valence electrons. The second-order valence-corrected chi connectivity index (χ2v) is 5.23. The Morgan fingerprint density at radius 3 is 2.90 bits per heavy atom. The van der Waals surface area contributed by atoms with Crippen LogP contribution in [0.15, 0.2) is 48.8 Å². The van der Waals surface area contributed by atoms with Crippen molar-refractivity contribution in [1.82, 2.24) is 14.7 Å². The van der Waals surface area contributed by atoms with E-state index in [4.69, 9.17) is 4.74 Å². The summed E-state index contributed by atoms with van der Waals surface area (Å²) in [5, 5.41) is 4.08. The van der Waals surface area contributed by atoms with Gasteiger partial charge in [0.25, 0.3) is 0 Å². The summed E-state index contributed by atoms with van der Waals surface area (Å²) in [4.78, 5) is 14.1. The first-order valence-corrected chi connectivity index (χ1v) is 7.22. The average Bonchev–Trinajstić information content (AvgIpc) is 3.01. The van der Waals surface area contributed by atoms with Crippen molar-refractivity contribution in [2.45, 2.75) is 19.1 Å². The SMILES string of the molecule is O=C(Cn1cccn1)N1CCO[C@H](Cc2ccccc2)C1. The van der Waals surface area contributed by atoms with Crippen molar-refractivity contribution < 1.29 is 9.53 Å². The predicted molar refractivity (Wildman–Crippen MR) is 78.7 cm³/mol. The van der Waals surface area contributed by atoms with Crippen LogP contribution in [0.1, 0.15) is 5.56 Å². The van der Waals surface area contributed by atoms with Gasteiger partial charge in [-0.1, -0.05) is 30.3 Å². The summed E-state index contributed by atoms with van der Waals surface area (Å²) in [6.45, 7) is 2.20. The lowest BCUT2D eigenvalue weighted by Crippen LogP contribution is -2.47. The molecule has 1 atom stereocenters. The molecule has 0 radical (unpaired) electrons. The zero-order valence-electron chi connectivity index (χ0n) is 11.9. The van der Waals surface area contributed by atoms with Gasteiger partial charge in [0.15, 0.2) is 0 Å². The smallest absolute Gasteiger partial charge is 0.244 e. The van der Waals surface area contributed by atoms with E-state index >= 15 is 0 Å². The van der Waals surface area contributed by atoms with Crippen LogP contribution in [0.2, 0.25) is 0 Å². The summed E-state index contributed by atoms with van der Waals surface area (Å²) in [7, 11) is 0. The molecule has 0 bridgehead atoms. The molecular formula is C16H19N3O2. The Hall–Kier alpha value is -2.14. The summed E-state index contributed by atoms with van der Waals surface area (Å²) in [6.07, 6.45) is 4.40. The fraction of sp³-hybridized carbons (Fsp3) is 0.375. The molecule has 0 N–H and O–H groups in total. The monoisotopic (exact) mass is 285 g/mol. The summed E-state index contributed by atoms with van der Waals surface area (Å²) >= 11 is 0. The normalized spacial score (nSPS) is 18.7. The highest BCUT2D eigenvalue weighted by atomic mass is 16.5. The van der Waals surface area contributed by atoms with Gasteiger partial charge in [-0.3, -0.25) is 9.48 Å². The molecule has 5 heteroatoms. The van der Waals surface area contributed by atoms with Gasteiger partial charge in [0.2, 0.25) is 5.91 Å². The minimum absolute atomic E-state index is 0.0720. The van der Waals surface area contributed by atoms with Gasteiger partial charge < -0.3 is 9.64 Å². The van der Waals surface area contributed by atoms with E-state index in [2.05, 4.69) is 17.2 Å². The van der Waals surface area contributed by atoms with Crippen LogP contribution in [-0.2, 0) is 22.5 Å². The zero-order chi connectivity index (χ0) is 14.5. The fourth-order valence-electron chi connectivity index (χ4n) is 2.58. The van der Waals surface area contributed by atoms with E-state index in [0.717, 1.165) is 6.42 Å². The van der Waals surface area contributed by atoms with Gasteiger partial charge in [-0.05, 0) is 11.6 Å². The lowest BCUT2D eigenvalue weighted by molar-refractivity contribution is -0.139. The molecule has 1 aliphatic rings. The van der Waals surface area contributed by atoms with E-state index in [0.29, 0.717) is 26.2 Å². The summed E-state index contributed by atoms with van der Waals surface area (Å²) in [5.74, 6) is 0.0973. The zero-order valence-corrected chi connectivity index (χ0v) is 11.9. The topological polar surface area (TPSA) is 47.4 Å². The fourth-order valence-corrected chi connectivity index (χ4v) is 2.58. The number of hydrogen-bond acceptors (Lipinski definition) is 3. The number of benzene rings is 1. The number of morpholine rings is 1. The maximum atomic E-state index is 12.3. The number of aromatic nitrogens is 2. The van der Waals surface area contributed by atoms with Crippen LogP contribution >= 0.6 is 0 Å². The van der Waals surface area contributed by atoms with Crippen molar-refractivity contribution in [2.75, 3.05) is 19.7 Å². The molecule has 1 saturated heterocycles. The van der Waals surface area contributed by atoms with Crippen molar-refractivity contribution in [3.8, 4) is 0 Å². The van der Waals surface area contributed by atoms with Gasteiger partial charge in [0, 0.05) is 31.9 Å². The minimum atomic E-state index is 0.0720. The predicted octanol–water partition coefficient (Wildman–Crippen LogP) is 1.35. The van der Waals surface area contributed by atoms with Gasteiger partial charge in [0.1, 0.15) is 6.54 Å². The number of ether oxygens (including phenoxy) is 1. The standard InChI is InChI=1S/C16H19N3O2/c20-16(13-19-8-4-7-17-19)18-9-10-21-15(12-18)11-14-5-2-1-3-6-14/h1-8,15H,9-13H2/t15-/m1/s1. The quantitative estimate of drug-likeness (QED) is 0.852. The van der Waals surface area contributed by atoms with Crippen molar-refractivity contribution in [3.63, 3.8) is 0 Å². The molecule has 1 amide bonds. The molecule has 1 aromatic heterocycles. The van der Waals surface area contributed by atoms with E-state index in [-0.39, 0.29) is 12.0 Å². The Morgan fingerprint density at radius 1 is 1.29 bits per heavy atom. The van der Waals surface area contributed by atoms with E-state index in [1.54, 1.807) is 17.1 Å². The van der Waals surface area contributed by atoms with Crippen LogP contribution in [0.4, 0.5) is 0 Å². The molecule has 2 heterocycles. The van der Waals surface area contributed by atoms with Gasteiger partial charge in [-0.25, -0.2) is 0 Å². The van der Waals surface area contributed by atoms with E-state index in [1.807, 2.05) is 29.2 Å². The first-order valence-electron chi connectivity index (χ1n) is 7.22. The third-order valence-electron chi connectivity index (χ3n) is 3.65. The van der Waals surface area contributed by atoms with Crippen LogP contribution in [0.25, 0.3) is 0 Å². The van der Waals surface area contributed by atoms with Gasteiger partial charge in [0.05, 0.1) is 12.7 Å². The Balaban J connectivity index is 1.56. The maximum absolute atomic E-state index is 12.3. The lowest BCUT2D eigenvalue weighted by atomic mass is 10.1. The average molecular weight is 285 g/mol. The van der Waals surface area contributed by atoms with E-state index in [9.17, 15) is 4.79 Å². The molecule has 5 nitrogen and oxygen atoms in total.